The molecule has 0 spiro atoms. The summed E-state index contributed by atoms with van der Waals surface area (Å²) in [6, 6.07) is 6.36. The Kier molecular flexibility index (Phi) is 5.38. The quantitative estimate of drug-likeness (QED) is 0.816. The minimum absolute atomic E-state index is 0.287. The molecule has 2 nitrogen and oxygen atoms in total. The van der Waals surface area contributed by atoms with Gasteiger partial charge in [0.15, 0.2) is 0 Å². The van der Waals surface area contributed by atoms with Gasteiger partial charge in [-0.25, -0.2) is 4.39 Å². The first-order valence-corrected chi connectivity index (χ1v) is 8.03. The van der Waals surface area contributed by atoms with Crippen molar-refractivity contribution in [1.82, 2.24) is 0 Å². The molecule has 1 aromatic rings. The van der Waals surface area contributed by atoms with Crippen LogP contribution in [0.15, 0.2) is 24.3 Å². The molecule has 0 aliphatic heterocycles. The van der Waals surface area contributed by atoms with Gasteiger partial charge >= 0.3 is 5.97 Å². The highest BCUT2D eigenvalue weighted by atomic mass is 19.1. The van der Waals surface area contributed by atoms with E-state index in [1.165, 1.54) is 31.4 Å². The topological polar surface area (TPSA) is 37.3 Å². The molecular formula is C18H25FO2. The molecule has 0 saturated heterocycles. The lowest BCUT2D eigenvalue weighted by molar-refractivity contribution is -0.151. The van der Waals surface area contributed by atoms with Gasteiger partial charge in [0.1, 0.15) is 5.82 Å². The van der Waals surface area contributed by atoms with Crippen molar-refractivity contribution in [3.05, 3.63) is 35.6 Å². The third-order valence-corrected chi connectivity index (χ3v) is 4.91. The lowest BCUT2D eigenvalue weighted by Gasteiger charge is -2.37. The fourth-order valence-electron chi connectivity index (χ4n) is 3.52. The first-order chi connectivity index (χ1) is 10.1. The van der Waals surface area contributed by atoms with E-state index in [2.05, 4.69) is 6.92 Å². The van der Waals surface area contributed by atoms with E-state index < -0.39 is 11.4 Å². The second-order valence-electron chi connectivity index (χ2n) is 6.48. The van der Waals surface area contributed by atoms with Gasteiger partial charge in [-0.1, -0.05) is 38.3 Å². The highest BCUT2D eigenvalue weighted by Crippen LogP contribution is 2.43. The van der Waals surface area contributed by atoms with Crippen LogP contribution in [0.4, 0.5) is 4.39 Å². The monoisotopic (exact) mass is 292 g/mol. The minimum Gasteiger partial charge on any atom is -0.481 e. The molecule has 21 heavy (non-hydrogen) atoms. The summed E-state index contributed by atoms with van der Waals surface area (Å²) in [6.45, 7) is 2.19. The van der Waals surface area contributed by atoms with E-state index in [4.69, 9.17) is 0 Å². The Hall–Kier alpha value is -1.38. The summed E-state index contributed by atoms with van der Waals surface area (Å²) in [5.74, 6) is -0.338. The minimum atomic E-state index is -0.722. The fourth-order valence-corrected chi connectivity index (χ4v) is 3.52. The maximum atomic E-state index is 13.3. The molecule has 0 amide bonds. The van der Waals surface area contributed by atoms with Crippen molar-refractivity contribution in [1.29, 1.82) is 0 Å². The van der Waals surface area contributed by atoms with Crippen LogP contribution in [-0.4, -0.2) is 11.1 Å². The zero-order valence-corrected chi connectivity index (χ0v) is 12.8. The molecule has 1 saturated carbocycles. The number of unbranched alkanes of at least 4 members (excludes halogenated alkanes) is 1. The Morgan fingerprint density at radius 2 is 2.10 bits per heavy atom. The number of rotatable bonds is 6. The number of halogens is 1. The Morgan fingerprint density at radius 1 is 1.38 bits per heavy atom. The highest BCUT2D eigenvalue weighted by Gasteiger charge is 2.41. The molecule has 3 heteroatoms. The third kappa shape index (κ3) is 4.05. The molecule has 0 unspecified atom stereocenters. The van der Waals surface area contributed by atoms with E-state index in [1.54, 1.807) is 6.07 Å². The molecule has 116 valence electrons. The predicted molar refractivity (Wildman–Crippen MR) is 81.7 cm³/mol. The van der Waals surface area contributed by atoms with Gasteiger partial charge in [0.2, 0.25) is 0 Å². The lowest BCUT2D eigenvalue weighted by Crippen LogP contribution is -2.37. The van der Waals surface area contributed by atoms with Gasteiger partial charge in [-0.15, -0.1) is 0 Å². The van der Waals surface area contributed by atoms with Crippen LogP contribution in [0.25, 0.3) is 0 Å². The Labute approximate surface area is 126 Å². The second-order valence-corrected chi connectivity index (χ2v) is 6.48. The standard InChI is InChI=1S/C18H25FO2/c1-2-3-5-14-8-10-18(11-9-14,17(20)21)13-15-6-4-7-16(19)12-15/h4,6-7,12,14H,2-3,5,8-11,13H2,1H3,(H,20,21). The van der Waals surface area contributed by atoms with Crippen LogP contribution in [-0.2, 0) is 11.2 Å². The molecule has 0 atom stereocenters. The zero-order chi connectivity index (χ0) is 15.3. The fraction of sp³-hybridized carbons (Fsp3) is 0.611. The van der Waals surface area contributed by atoms with Crippen molar-refractivity contribution in [2.75, 3.05) is 0 Å². The maximum absolute atomic E-state index is 13.3. The van der Waals surface area contributed by atoms with Gasteiger partial charge in [0, 0.05) is 0 Å². The summed E-state index contributed by atoms with van der Waals surface area (Å²) in [7, 11) is 0. The Balaban J connectivity index is 2.04. The summed E-state index contributed by atoms with van der Waals surface area (Å²) in [4.78, 5) is 11.8. The first kappa shape index (κ1) is 16.0. The molecule has 0 heterocycles. The number of carbonyl (C=O) groups is 1. The van der Waals surface area contributed by atoms with Gasteiger partial charge in [0.25, 0.3) is 0 Å². The highest BCUT2D eigenvalue weighted by molar-refractivity contribution is 5.75. The lowest BCUT2D eigenvalue weighted by atomic mass is 9.66. The molecule has 1 N–H and O–H groups in total. The molecule has 2 rings (SSSR count). The second kappa shape index (κ2) is 7.06. The van der Waals surface area contributed by atoms with Gasteiger partial charge in [-0.3, -0.25) is 4.79 Å². The molecule has 0 aromatic heterocycles. The van der Waals surface area contributed by atoms with Crippen LogP contribution < -0.4 is 0 Å². The SMILES string of the molecule is CCCCC1CCC(Cc2cccc(F)c2)(C(=O)O)CC1. The summed E-state index contributed by atoms with van der Waals surface area (Å²) < 4.78 is 13.3. The van der Waals surface area contributed by atoms with Gasteiger partial charge < -0.3 is 5.11 Å². The third-order valence-electron chi connectivity index (χ3n) is 4.91. The van der Waals surface area contributed by atoms with Crippen LogP contribution in [0.2, 0.25) is 0 Å². The normalized spacial score (nSPS) is 25.7. The number of benzene rings is 1. The summed E-state index contributed by atoms with van der Waals surface area (Å²) in [6.07, 6.45) is 7.49. The van der Waals surface area contributed by atoms with Crippen molar-refractivity contribution < 1.29 is 14.3 Å². The average molecular weight is 292 g/mol. The smallest absolute Gasteiger partial charge is 0.309 e. The number of hydrogen-bond donors (Lipinski definition) is 1. The predicted octanol–water partition coefficient (Wildman–Crippen LogP) is 4.82. The molecule has 0 radical (unpaired) electrons. The van der Waals surface area contributed by atoms with Crippen LogP contribution >= 0.6 is 0 Å². The number of carboxylic acids is 1. The average Bonchev–Trinajstić information content (AvgIpc) is 2.46. The molecule has 1 aliphatic rings. The molecule has 0 bridgehead atoms. The van der Waals surface area contributed by atoms with Crippen molar-refractivity contribution in [3.8, 4) is 0 Å². The molecule has 1 aliphatic carbocycles. The number of carboxylic acid groups (broad SMARTS) is 1. The summed E-state index contributed by atoms with van der Waals surface area (Å²) >= 11 is 0. The summed E-state index contributed by atoms with van der Waals surface area (Å²) in [5, 5.41) is 9.69. The zero-order valence-electron chi connectivity index (χ0n) is 12.8. The van der Waals surface area contributed by atoms with E-state index in [0.717, 1.165) is 18.4 Å². The van der Waals surface area contributed by atoms with Crippen LogP contribution in [0.1, 0.15) is 57.4 Å². The van der Waals surface area contributed by atoms with E-state index in [1.807, 2.05) is 6.07 Å². The molecular weight excluding hydrogens is 267 g/mol. The number of hydrogen-bond acceptors (Lipinski definition) is 1. The van der Waals surface area contributed by atoms with E-state index in [-0.39, 0.29) is 5.82 Å². The molecule has 1 fully saturated rings. The Bertz CT molecular complexity index is 476. The molecule has 1 aromatic carbocycles. The first-order valence-electron chi connectivity index (χ1n) is 8.03. The van der Waals surface area contributed by atoms with E-state index in [0.29, 0.717) is 25.2 Å². The Morgan fingerprint density at radius 3 is 2.67 bits per heavy atom. The van der Waals surface area contributed by atoms with Crippen molar-refractivity contribution in [2.45, 2.75) is 58.3 Å². The van der Waals surface area contributed by atoms with Gasteiger partial charge in [-0.05, 0) is 55.7 Å². The largest absolute Gasteiger partial charge is 0.481 e. The van der Waals surface area contributed by atoms with Crippen LogP contribution in [0.3, 0.4) is 0 Å². The van der Waals surface area contributed by atoms with E-state index in [9.17, 15) is 14.3 Å². The van der Waals surface area contributed by atoms with Crippen molar-refractivity contribution in [2.24, 2.45) is 11.3 Å². The van der Waals surface area contributed by atoms with Gasteiger partial charge in [0.05, 0.1) is 5.41 Å². The van der Waals surface area contributed by atoms with Crippen molar-refractivity contribution in [3.63, 3.8) is 0 Å². The number of aliphatic carboxylic acids is 1. The summed E-state index contributed by atoms with van der Waals surface area (Å²) in [5.41, 5.74) is 0.0978. The van der Waals surface area contributed by atoms with E-state index >= 15 is 0 Å². The van der Waals surface area contributed by atoms with Crippen LogP contribution in [0.5, 0.6) is 0 Å². The van der Waals surface area contributed by atoms with Gasteiger partial charge in [-0.2, -0.15) is 0 Å². The van der Waals surface area contributed by atoms with Crippen LogP contribution in [0, 0.1) is 17.2 Å². The maximum Gasteiger partial charge on any atom is 0.309 e. The van der Waals surface area contributed by atoms with Crippen molar-refractivity contribution >= 4 is 5.97 Å².